The first kappa shape index (κ1) is 15.8. The number of carbonyl (C=O) groups is 2. The van der Waals surface area contributed by atoms with Gasteiger partial charge in [0.05, 0.1) is 0 Å². The third kappa shape index (κ3) is 3.46. The Hall–Kier alpha value is -3.08. The zero-order chi connectivity index (χ0) is 16.9. The van der Waals surface area contributed by atoms with Crippen LogP contribution in [0, 0.1) is 0 Å². The Kier molecular flexibility index (Phi) is 4.61. The second kappa shape index (κ2) is 7.00. The second-order valence-corrected chi connectivity index (χ2v) is 5.48. The molecule has 1 aromatic heterocycles. The summed E-state index contributed by atoms with van der Waals surface area (Å²) in [6.07, 6.45) is 0.919. The van der Waals surface area contributed by atoms with Gasteiger partial charge in [0.1, 0.15) is 0 Å². The molecule has 0 aliphatic heterocycles. The summed E-state index contributed by atoms with van der Waals surface area (Å²) in [5.74, 6) is -0.840. The molecule has 1 amide bonds. The molecule has 0 saturated heterocycles. The predicted octanol–water partition coefficient (Wildman–Crippen LogP) is 3.09. The third-order valence-electron chi connectivity index (χ3n) is 3.75. The normalized spacial score (nSPS) is 11.9. The number of aromatic amines is 1. The van der Waals surface area contributed by atoms with Gasteiger partial charge in [-0.2, -0.15) is 0 Å². The summed E-state index contributed by atoms with van der Waals surface area (Å²) in [6, 6.07) is 16.9. The molecule has 1 heterocycles. The molecule has 1 atom stereocenters. The molecule has 0 bridgehead atoms. The average Bonchev–Trinajstić information content (AvgIpc) is 3.01. The van der Waals surface area contributed by atoms with Crippen molar-refractivity contribution < 1.29 is 14.3 Å². The Morgan fingerprint density at radius 1 is 1.08 bits per heavy atom. The van der Waals surface area contributed by atoms with E-state index in [4.69, 9.17) is 4.74 Å². The number of hydrogen-bond acceptors (Lipinski definition) is 3. The Morgan fingerprint density at radius 2 is 1.79 bits per heavy atom. The fourth-order valence-corrected chi connectivity index (χ4v) is 2.62. The Bertz CT molecular complexity index is 855. The van der Waals surface area contributed by atoms with E-state index in [-0.39, 0.29) is 5.91 Å². The molecule has 2 N–H and O–H groups in total. The van der Waals surface area contributed by atoms with Gasteiger partial charge in [0.15, 0.2) is 0 Å². The minimum Gasteiger partial charge on any atom is -0.447 e. The summed E-state index contributed by atoms with van der Waals surface area (Å²) in [7, 11) is 0. The number of rotatable bonds is 5. The van der Waals surface area contributed by atoms with E-state index < -0.39 is 12.1 Å². The van der Waals surface area contributed by atoms with Gasteiger partial charge in [0.2, 0.25) is 6.10 Å². The monoisotopic (exact) mass is 322 g/mol. The van der Waals surface area contributed by atoms with Crippen molar-refractivity contribution in [3.63, 3.8) is 0 Å². The standard InChI is InChI=1S/C19H18N2O3/c1-13(22)24-18(14-7-3-2-4-8-14)19(23)21-12-15-11-20-17-10-6-5-9-16(15)17/h2-11,18,20H,12H2,1H3,(H,21,23). The Morgan fingerprint density at radius 3 is 2.54 bits per heavy atom. The maximum Gasteiger partial charge on any atom is 0.303 e. The highest BCUT2D eigenvalue weighted by atomic mass is 16.5. The molecule has 5 nitrogen and oxygen atoms in total. The average molecular weight is 322 g/mol. The van der Waals surface area contributed by atoms with Gasteiger partial charge in [0.25, 0.3) is 5.91 Å². The molecule has 0 spiro atoms. The molecular formula is C19H18N2O3. The molecule has 0 aliphatic carbocycles. The lowest BCUT2D eigenvalue weighted by Gasteiger charge is -2.17. The largest absolute Gasteiger partial charge is 0.447 e. The summed E-state index contributed by atoms with van der Waals surface area (Å²) in [4.78, 5) is 27.0. The molecule has 0 radical (unpaired) electrons. The number of ether oxygens (including phenoxy) is 1. The molecule has 2 aromatic carbocycles. The van der Waals surface area contributed by atoms with E-state index in [1.807, 2.05) is 36.5 Å². The van der Waals surface area contributed by atoms with Crippen molar-refractivity contribution in [1.82, 2.24) is 10.3 Å². The quantitative estimate of drug-likeness (QED) is 0.709. The van der Waals surface area contributed by atoms with Crippen LogP contribution in [0.25, 0.3) is 10.9 Å². The zero-order valence-corrected chi connectivity index (χ0v) is 13.3. The van der Waals surface area contributed by atoms with Crippen LogP contribution in [-0.2, 0) is 20.9 Å². The minimum atomic E-state index is -0.950. The summed E-state index contributed by atoms with van der Waals surface area (Å²) < 4.78 is 5.20. The van der Waals surface area contributed by atoms with E-state index in [2.05, 4.69) is 10.3 Å². The number of nitrogens with one attached hydrogen (secondary N) is 2. The molecule has 1 unspecified atom stereocenters. The van der Waals surface area contributed by atoms with Crippen LogP contribution >= 0.6 is 0 Å². The lowest BCUT2D eigenvalue weighted by molar-refractivity contribution is -0.154. The van der Waals surface area contributed by atoms with Gasteiger partial charge in [0, 0.05) is 36.1 Å². The van der Waals surface area contributed by atoms with E-state index in [1.165, 1.54) is 6.92 Å². The summed E-state index contributed by atoms with van der Waals surface area (Å²) in [6.45, 7) is 1.65. The smallest absolute Gasteiger partial charge is 0.303 e. The number of fused-ring (bicyclic) bond motifs is 1. The highest BCUT2D eigenvalue weighted by Crippen LogP contribution is 2.20. The molecule has 3 rings (SSSR count). The van der Waals surface area contributed by atoms with E-state index >= 15 is 0 Å². The van der Waals surface area contributed by atoms with Crippen molar-refractivity contribution in [3.05, 3.63) is 71.9 Å². The van der Waals surface area contributed by atoms with E-state index in [1.54, 1.807) is 24.3 Å². The number of H-pyrrole nitrogens is 1. The van der Waals surface area contributed by atoms with Gasteiger partial charge >= 0.3 is 5.97 Å². The van der Waals surface area contributed by atoms with Crippen molar-refractivity contribution in [2.45, 2.75) is 19.6 Å². The summed E-state index contributed by atoms with van der Waals surface area (Å²) >= 11 is 0. The van der Waals surface area contributed by atoms with Crippen LogP contribution in [0.2, 0.25) is 0 Å². The molecule has 3 aromatic rings. The van der Waals surface area contributed by atoms with E-state index in [9.17, 15) is 9.59 Å². The molecule has 0 fully saturated rings. The number of benzene rings is 2. The van der Waals surface area contributed by atoms with Crippen molar-refractivity contribution in [1.29, 1.82) is 0 Å². The number of esters is 1. The highest BCUT2D eigenvalue weighted by Gasteiger charge is 2.23. The second-order valence-electron chi connectivity index (χ2n) is 5.48. The van der Waals surface area contributed by atoms with Gasteiger partial charge in [-0.25, -0.2) is 0 Å². The predicted molar refractivity (Wildman–Crippen MR) is 91.1 cm³/mol. The number of carbonyl (C=O) groups excluding carboxylic acids is 2. The number of amides is 1. The third-order valence-corrected chi connectivity index (χ3v) is 3.75. The fraction of sp³-hybridized carbons (Fsp3) is 0.158. The molecule has 0 saturated carbocycles. The Balaban J connectivity index is 1.75. The SMILES string of the molecule is CC(=O)OC(C(=O)NCc1c[nH]c2ccccc12)c1ccccc1. The molecule has 5 heteroatoms. The van der Waals surface area contributed by atoms with Crippen LogP contribution in [0.4, 0.5) is 0 Å². The Labute approximate surface area is 139 Å². The van der Waals surface area contributed by atoms with Crippen LogP contribution in [-0.4, -0.2) is 16.9 Å². The van der Waals surface area contributed by atoms with Crippen molar-refractivity contribution in [2.75, 3.05) is 0 Å². The van der Waals surface area contributed by atoms with Gasteiger partial charge < -0.3 is 15.0 Å². The number of hydrogen-bond donors (Lipinski definition) is 2. The lowest BCUT2D eigenvalue weighted by Crippen LogP contribution is -2.31. The van der Waals surface area contributed by atoms with Crippen molar-refractivity contribution in [3.8, 4) is 0 Å². The van der Waals surface area contributed by atoms with Crippen molar-refractivity contribution in [2.24, 2.45) is 0 Å². The van der Waals surface area contributed by atoms with Gasteiger partial charge in [-0.3, -0.25) is 9.59 Å². The molecule has 24 heavy (non-hydrogen) atoms. The van der Waals surface area contributed by atoms with Crippen LogP contribution in [0.5, 0.6) is 0 Å². The molecular weight excluding hydrogens is 304 g/mol. The fourth-order valence-electron chi connectivity index (χ4n) is 2.62. The van der Waals surface area contributed by atoms with Gasteiger partial charge in [-0.05, 0) is 11.6 Å². The van der Waals surface area contributed by atoms with Gasteiger partial charge in [-0.1, -0.05) is 48.5 Å². The summed E-state index contributed by atoms with van der Waals surface area (Å²) in [5.41, 5.74) is 2.64. The topological polar surface area (TPSA) is 71.2 Å². The number of aromatic nitrogens is 1. The number of para-hydroxylation sites is 1. The van der Waals surface area contributed by atoms with E-state index in [0.29, 0.717) is 12.1 Å². The maximum atomic E-state index is 12.5. The van der Waals surface area contributed by atoms with Crippen molar-refractivity contribution >= 4 is 22.8 Å². The first-order chi connectivity index (χ1) is 11.6. The van der Waals surface area contributed by atoms with Gasteiger partial charge in [-0.15, -0.1) is 0 Å². The molecule has 122 valence electrons. The minimum absolute atomic E-state index is 0.346. The molecule has 0 aliphatic rings. The first-order valence-electron chi connectivity index (χ1n) is 7.70. The van der Waals surface area contributed by atoms with Crippen LogP contribution in [0.3, 0.4) is 0 Å². The summed E-state index contributed by atoms with van der Waals surface area (Å²) in [5, 5.41) is 3.90. The highest BCUT2D eigenvalue weighted by molar-refractivity contribution is 5.86. The van der Waals surface area contributed by atoms with Crippen LogP contribution in [0.1, 0.15) is 24.2 Å². The first-order valence-corrected chi connectivity index (χ1v) is 7.70. The lowest BCUT2D eigenvalue weighted by atomic mass is 10.1. The maximum absolute atomic E-state index is 12.5. The van der Waals surface area contributed by atoms with Crippen LogP contribution < -0.4 is 5.32 Å². The van der Waals surface area contributed by atoms with E-state index in [0.717, 1.165) is 16.5 Å². The van der Waals surface area contributed by atoms with Crippen LogP contribution in [0.15, 0.2) is 60.8 Å². The zero-order valence-electron chi connectivity index (χ0n) is 13.3.